The minimum absolute atomic E-state index is 0.0347. The molecule has 0 radical (unpaired) electrons. The van der Waals surface area contributed by atoms with Crippen LogP contribution in [0.15, 0.2) is 105 Å². The van der Waals surface area contributed by atoms with Gasteiger partial charge in [0.25, 0.3) is 11.6 Å². The van der Waals surface area contributed by atoms with Crippen LogP contribution in [0.4, 0.5) is 17.6 Å². The van der Waals surface area contributed by atoms with Gasteiger partial charge >= 0.3 is 5.95 Å². The summed E-state index contributed by atoms with van der Waals surface area (Å²) >= 11 is 5.23. The maximum atomic E-state index is 13.8. The average molecular weight is 814 g/mol. The van der Waals surface area contributed by atoms with Gasteiger partial charge in [-0.25, -0.2) is 0 Å². The molecule has 0 bridgehead atoms. The van der Waals surface area contributed by atoms with Crippen molar-refractivity contribution in [3.63, 3.8) is 0 Å². The zero-order valence-corrected chi connectivity index (χ0v) is 37.3. The maximum Gasteiger partial charge on any atom is 0.366 e. The van der Waals surface area contributed by atoms with Gasteiger partial charge in [0.1, 0.15) is 0 Å². The van der Waals surface area contributed by atoms with E-state index in [2.05, 4.69) is 174 Å². The third-order valence-corrected chi connectivity index (χ3v) is 12.4. The van der Waals surface area contributed by atoms with Crippen molar-refractivity contribution in [3.05, 3.63) is 147 Å². The Morgan fingerprint density at radius 3 is 1.23 bits per heavy atom. The number of thiophene rings is 3. The van der Waals surface area contributed by atoms with Crippen molar-refractivity contribution in [1.82, 2.24) is 9.97 Å². The molecular formula is C47H51N5O2S3. The molecule has 0 atom stereocenters. The topological polar surface area (TPSA) is 97.6 Å². The first-order valence-corrected chi connectivity index (χ1v) is 21.3. The van der Waals surface area contributed by atoms with E-state index >= 15 is 0 Å². The highest BCUT2D eigenvalue weighted by Crippen LogP contribution is 2.47. The normalized spacial score (nSPS) is 15.1. The Kier molecular flexibility index (Phi) is 12.1. The maximum absolute atomic E-state index is 13.8. The van der Waals surface area contributed by atoms with Crippen LogP contribution in [0.1, 0.15) is 103 Å². The lowest BCUT2D eigenvalue weighted by molar-refractivity contribution is -0.114. The number of nitrogen functional groups attached to an aromatic ring is 1. The Morgan fingerprint density at radius 2 is 0.965 bits per heavy atom. The number of H-pyrrole nitrogens is 1. The Labute approximate surface area is 349 Å². The van der Waals surface area contributed by atoms with Crippen LogP contribution < -0.4 is 5.73 Å². The van der Waals surface area contributed by atoms with Gasteiger partial charge in [-0.3, -0.25) is 14.6 Å². The lowest BCUT2D eigenvalue weighted by atomic mass is 9.71. The van der Waals surface area contributed by atoms with E-state index < -0.39 is 0 Å². The van der Waals surface area contributed by atoms with Crippen LogP contribution in [-0.2, 0) is 9.59 Å². The monoisotopic (exact) mass is 813 g/mol. The number of anilines is 1. The smallest absolute Gasteiger partial charge is 0.366 e. The summed E-state index contributed by atoms with van der Waals surface area (Å²) in [7, 11) is 0. The number of hydrogen-bond donors (Lipinski definition) is 2. The molecule has 2 aliphatic rings. The van der Waals surface area contributed by atoms with Crippen LogP contribution in [0, 0.1) is 34.8 Å². The molecule has 0 saturated heterocycles. The van der Waals surface area contributed by atoms with Crippen molar-refractivity contribution in [1.29, 1.82) is 0 Å². The molecule has 2 aliphatic carbocycles. The van der Waals surface area contributed by atoms with Gasteiger partial charge in [0.2, 0.25) is 0 Å². The zero-order valence-electron chi connectivity index (χ0n) is 34.9. The molecule has 4 aromatic rings. The van der Waals surface area contributed by atoms with Crippen LogP contribution in [0.25, 0.3) is 20.8 Å². The fourth-order valence-corrected chi connectivity index (χ4v) is 9.47. The summed E-state index contributed by atoms with van der Waals surface area (Å²) in [5, 5.41) is 4.24. The van der Waals surface area contributed by atoms with Gasteiger partial charge in [-0.05, 0) is 92.1 Å². The number of hydrogen-bond acceptors (Lipinski definition) is 7. The first-order chi connectivity index (χ1) is 26.4. The molecule has 294 valence electrons. The quantitative estimate of drug-likeness (QED) is 0.201. The van der Waals surface area contributed by atoms with Crippen molar-refractivity contribution in [2.75, 3.05) is 5.73 Å². The van der Waals surface area contributed by atoms with Gasteiger partial charge in [0.15, 0.2) is 11.6 Å². The van der Waals surface area contributed by atoms with E-state index in [4.69, 9.17) is 18.9 Å². The first kappa shape index (κ1) is 43.0. The lowest BCUT2D eigenvalue weighted by Crippen LogP contribution is -2.28. The summed E-state index contributed by atoms with van der Waals surface area (Å²) in [6, 6.07) is 13.0. The Balaban J connectivity index is 0.000000540. The van der Waals surface area contributed by atoms with E-state index in [0.29, 0.717) is 0 Å². The van der Waals surface area contributed by atoms with E-state index in [1.807, 2.05) is 0 Å². The van der Waals surface area contributed by atoms with Crippen molar-refractivity contribution >= 4 is 74.3 Å². The number of allylic oxidation sites excluding steroid dienone is 10. The van der Waals surface area contributed by atoms with Gasteiger partial charge in [-0.1, -0.05) is 113 Å². The summed E-state index contributed by atoms with van der Waals surface area (Å²) < 4.78 is 0. The molecule has 6 rings (SSSR count). The van der Waals surface area contributed by atoms with Gasteiger partial charge in [-0.15, -0.1) is 34.0 Å². The predicted octanol–water partition coefficient (Wildman–Crippen LogP) is 13.6. The molecule has 4 heterocycles. The van der Waals surface area contributed by atoms with Gasteiger partial charge in [0, 0.05) is 52.9 Å². The number of Topliss-reactive ketones (excluding diaryl/α,β-unsaturated/α-hetero) is 2. The minimum Gasteiger partial charge on any atom is -0.373 e. The molecule has 4 aromatic heterocycles. The van der Waals surface area contributed by atoms with Crippen LogP contribution in [-0.4, -0.2) is 21.5 Å². The number of nitrogens with one attached hydrogen (secondary N) is 1. The largest absolute Gasteiger partial charge is 0.373 e. The van der Waals surface area contributed by atoms with E-state index in [9.17, 15) is 9.59 Å². The second-order valence-electron chi connectivity index (χ2n) is 18.2. The van der Waals surface area contributed by atoms with E-state index in [1.165, 1.54) is 9.75 Å². The molecule has 0 aromatic carbocycles. The standard InChI is InChI=1S/C42H48O2S3.C5H3N5/c1-39(2,3)27-21-25(22-28(37(27)43)40(4,5)6)35(31-15-13-19-45-31)33-17-18-34(47-33)36(32-16-14-20-46-32)26-23-29(41(7,8)9)38(44)30(24-26)42(10,11)12;1-7-3-4(8-2)10-5(6)9-3/h13-24H,1-12H3;(H3,6,9,10). The average Bonchev–Trinajstić information content (AvgIpc) is 3.94. The Bertz CT molecular complexity index is 2240. The van der Waals surface area contributed by atoms with Crippen molar-refractivity contribution < 1.29 is 9.59 Å². The summed E-state index contributed by atoms with van der Waals surface area (Å²) in [5.41, 5.74) is 11.8. The number of rotatable bonds is 4. The third kappa shape index (κ3) is 9.37. The van der Waals surface area contributed by atoms with Gasteiger partial charge in [-0.2, -0.15) is 0 Å². The molecule has 0 aliphatic heterocycles. The fraction of sp³-hybridized carbons (Fsp3) is 0.340. The number of carbonyl (C=O) groups excluding carboxylic acids is 2. The summed E-state index contributed by atoms with van der Waals surface area (Å²) in [5.74, 6) is 0.535. The number of nitrogens with two attached hydrogens (primary N) is 1. The van der Waals surface area contributed by atoms with Crippen LogP contribution in [0.5, 0.6) is 0 Å². The predicted molar refractivity (Wildman–Crippen MR) is 241 cm³/mol. The molecule has 7 nitrogen and oxygen atoms in total. The number of nitrogens with zero attached hydrogens (tertiary/aromatic N) is 3. The number of ketones is 2. The zero-order chi connectivity index (χ0) is 42.2. The Hall–Kier alpha value is -5.13. The first-order valence-electron chi connectivity index (χ1n) is 18.7. The highest BCUT2D eigenvalue weighted by molar-refractivity contribution is 7.16. The van der Waals surface area contributed by atoms with E-state index in [0.717, 1.165) is 54.3 Å². The molecule has 57 heavy (non-hydrogen) atoms. The van der Waals surface area contributed by atoms with Crippen LogP contribution in [0.2, 0.25) is 0 Å². The molecule has 0 saturated carbocycles. The molecule has 3 N–H and O–H groups in total. The molecule has 0 amide bonds. The molecule has 0 fully saturated rings. The molecule has 0 spiro atoms. The second kappa shape index (κ2) is 16.0. The van der Waals surface area contributed by atoms with Crippen molar-refractivity contribution in [2.45, 2.75) is 83.1 Å². The Morgan fingerprint density at radius 1 is 0.596 bits per heavy atom. The number of imidazole rings is 1. The molecular weight excluding hydrogens is 763 g/mol. The van der Waals surface area contributed by atoms with Crippen molar-refractivity contribution in [3.8, 4) is 0 Å². The molecule has 10 heteroatoms. The summed E-state index contributed by atoms with van der Waals surface area (Å²) in [4.78, 5) is 44.3. The minimum atomic E-state index is -0.294. The van der Waals surface area contributed by atoms with E-state index in [1.54, 1.807) is 34.0 Å². The van der Waals surface area contributed by atoms with Crippen molar-refractivity contribution in [2.24, 2.45) is 21.7 Å². The highest BCUT2D eigenvalue weighted by atomic mass is 32.1. The highest BCUT2D eigenvalue weighted by Gasteiger charge is 2.37. The number of aromatic nitrogens is 2. The van der Waals surface area contributed by atoms with Gasteiger partial charge in [0.05, 0.1) is 0 Å². The third-order valence-electron chi connectivity index (χ3n) is 9.52. The SMILES string of the molecule is CC(C)(C)C1=CC(=C(c2cccs2)c2ccc(C(=C3C=C(C(C)(C)C)C(=O)C(C(C)(C)C)=C3)c3cccs3)s2)C=C(C(C)(C)C)C1=O.[C-]#[N+]c1nc(N)[nH]c1[N+]#[C-]. The second-order valence-corrected chi connectivity index (χ2v) is 21.2. The lowest BCUT2D eigenvalue weighted by Gasteiger charge is -2.32. The number of carbonyl (C=O) groups is 2. The van der Waals surface area contributed by atoms with Crippen LogP contribution >= 0.6 is 34.0 Å². The van der Waals surface area contributed by atoms with E-state index in [-0.39, 0.29) is 50.8 Å². The summed E-state index contributed by atoms with van der Waals surface area (Å²) in [6.07, 6.45) is 8.53. The molecule has 0 unspecified atom stereocenters. The van der Waals surface area contributed by atoms with Crippen LogP contribution in [0.3, 0.4) is 0 Å². The summed E-state index contributed by atoms with van der Waals surface area (Å²) in [6.45, 7) is 38.6. The number of aromatic amines is 1. The van der Waals surface area contributed by atoms with Gasteiger partial charge < -0.3 is 15.4 Å². The fourth-order valence-electron chi connectivity index (χ4n) is 6.56.